The van der Waals surface area contributed by atoms with Gasteiger partial charge >= 0.3 is 5.97 Å². The molecule has 5 nitrogen and oxygen atoms in total. The van der Waals surface area contributed by atoms with Gasteiger partial charge in [-0.1, -0.05) is 18.2 Å². The standard InChI is InChI=1S/C12H12N2O3/c15-8-9-17-12(16)11-13-6-7-14(11)10-4-2-1-3-5-10/h1-7,15H,8-9H2. The Hall–Kier alpha value is -2.14. The van der Waals surface area contributed by atoms with Crippen molar-refractivity contribution in [3.63, 3.8) is 0 Å². The van der Waals surface area contributed by atoms with Crippen LogP contribution in [0.5, 0.6) is 0 Å². The second kappa shape index (κ2) is 5.27. The molecule has 0 aliphatic heterocycles. The third-order valence-corrected chi connectivity index (χ3v) is 2.18. The van der Waals surface area contributed by atoms with Gasteiger partial charge in [0.25, 0.3) is 0 Å². The Balaban J connectivity index is 2.26. The van der Waals surface area contributed by atoms with Crippen LogP contribution in [0.15, 0.2) is 42.7 Å². The van der Waals surface area contributed by atoms with Gasteiger partial charge in [-0.15, -0.1) is 0 Å². The van der Waals surface area contributed by atoms with E-state index in [1.165, 1.54) is 6.20 Å². The highest BCUT2D eigenvalue weighted by molar-refractivity contribution is 5.86. The zero-order chi connectivity index (χ0) is 12.1. The van der Waals surface area contributed by atoms with Crippen molar-refractivity contribution in [1.29, 1.82) is 0 Å². The lowest BCUT2D eigenvalue weighted by molar-refractivity contribution is 0.0417. The van der Waals surface area contributed by atoms with Crippen molar-refractivity contribution in [2.24, 2.45) is 0 Å². The number of benzene rings is 1. The van der Waals surface area contributed by atoms with Gasteiger partial charge in [0.2, 0.25) is 5.82 Å². The second-order valence-corrected chi connectivity index (χ2v) is 3.32. The molecular formula is C12H12N2O3. The fraction of sp³-hybridized carbons (Fsp3) is 0.167. The summed E-state index contributed by atoms with van der Waals surface area (Å²) < 4.78 is 6.46. The molecule has 1 aromatic carbocycles. The summed E-state index contributed by atoms with van der Waals surface area (Å²) in [5.74, 6) is -0.349. The van der Waals surface area contributed by atoms with Gasteiger partial charge in [0, 0.05) is 18.1 Å². The zero-order valence-corrected chi connectivity index (χ0v) is 9.11. The third kappa shape index (κ3) is 2.51. The number of esters is 1. The van der Waals surface area contributed by atoms with E-state index < -0.39 is 5.97 Å². The average molecular weight is 232 g/mol. The van der Waals surface area contributed by atoms with Gasteiger partial charge in [0.15, 0.2) is 0 Å². The molecule has 2 aromatic rings. The summed E-state index contributed by atoms with van der Waals surface area (Å²) in [6.07, 6.45) is 3.22. The largest absolute Gasteiger partial charge is 0.457 e. The number of ether oxygens (including phenoxy) is 1. The highest BCUT2D eigenvalue weighted by Crippen LogP contribution is 2.10. The van der Waals surface area contributed by atoms with Gasteiger partial charge in [-0.3, -0.25) is 4.57 Å². The minimum Gasteiger partial charge on any atom is -0.457 e. The van der Waals surface area contributed by atoms with Crippen molar-refractivity contribution in [3.8, 4) is 5.69 Å². The molecule has 88 valence electrons. The predicted octanol–water partition coefficient (Wildman–Crippen LogP) is 1.02. The molecule has 0 aliphatic rings. The molecule has 0 saturated carbocycles. The Bertz CT molecular complexity index is 493. The summed E-state index contributed by atoms with van der Waals surface area (Å²) in [7, 11) is 0. The Kier molecular flexibility index (Phi) is 3.52. The minimum absolute atomic E-state index is 0.0273. The number of aromatic nitrogens is 2. The number of hydrogen-bond acceptors (Lipinski definition) is 4. The molecule has 1 aromatic heterocycles. The van der Waals surface area contributed by atoms with Crippen LogP contribution in [0.1, 0.15) is 10.6 Å². The number of carbonyl (C=O) groups excluding carboxylic acids is 1. The fourth-order valence-corrected chi connectivity index (χ4v) is 1.45. The number of aliphatic hydroxyl groups excluding tert-OH is 1. The zero-order valence-electron chi connectivity index (χ0n) is 9.11. The van der Waals surface area contributed by atoms with E-state index >= 15 is 0 Å². The maximum absolute atomic E-state index is 11.6. The van der Waals surface area contributed by atoms with E-state index in [2.05, 4.69) is 4.98 Å². The lowest BCUT2D eigenvalue weighted by atomic mass is 10.3. The Labute approximate surface area is 98.3 Å². The van der Waals surface area contributed by atoms with Gasteiger partial charge in [0.05, 0.1) is 6.61 Å². The molecule has 17 heavy (non-hydrogen) atoms. The molecule has 1 N–H and O–H groups in total. The van der Waals surface area contributed by atoms with E-state index in [1.54, 1.807) is 10.8 Å². The molecule has 0 unspecified atom stereocenters. The maximum atomic E-state index is 11.6. The van der Waals surface area contributed by atoms with Crippen molar-refractivity contribution in [1.82, 2.24) is 9.55 Å². The summed E-state index contributed by atoms with van der Waals surface area (Å²) in [6.45, 7) is -0.224. The molecule has 0 radical (unpaired) electrons. The summed E-state index contributed by atoms with van der Waals surface area (Å²) in [4.78, 5) is 15.6. The lowest BCUT2D eigenvalue weighted by Crippen LogP contribution is -2.14. The highest BCUT2D eigenvalue weighted by Gasteiger charge is 2.14. The van der Waals surface area contributed by atoms with Crippen LogP contribution in [-0.4, -0.2) is 33.8 Å². The number of aliphatic hydroxyl groups is 1. The third-order valence-electron chi connectivity index (χ3n) is 2.18. The summed E-state index contributed by atoms with van der Waals surface area (Å²) in [6, 6.07) is 9.37. The molecule has 0 fully saturated rings. The van der Waals surface area contributed by atoms with E-state index in [0.717, 1.165) is 5.69 Å². The van der Waals surface area contributed by atoms with Crippen molar-refractivity contribution in [2.75, 3.05) is 13.2 Å². The molecule has 0 bridgehead atoms. The quantitative estimate of drug-likeness (QED) is 0.799. The first-order chi connectivity index (χ1) is 8.33. The van der Waals surface area contributed by atoms with Gasteiger partial charge in [0.1, 0.15) is 6.61 Å². The van der Waals surface area contributed by atoms with E-state index in [0.29, 0.717) is 0 Å². The maximum Gasteiger partial charge on any atom is 0.375 e. The van der Waals surface area contributed by atoms with Crippen molar-refractivity contribution >= 4 is 5.97 Å². The highest BCUT2D eigenvalue weighted by atomic mass is 16.5. The fourth-order valence-electron chi connectivity index (χ4n) is 1.45. The SMILES string of the molecule is O=C(OCCO)c1nccn1-c1ccccc1. The molecule has 1 heterocycles. The molecule has 5 heteroatoms. The Morgan fingerprint density at radius 1 is 1.35 bits per heavy atom. The van der Waals surface area contributed by atoms with E-state index in [-0.39, 0.29) is 19.0 Å². The molecule has 0 saturated heterocycles. The van der Waals surface area contributed by atoms with Crippen LogP contribution >= 0.6 is 0 Å². The van der Waals surface area contributed by atoms with E-state index in [1.807, 2.05) is 30.3 Å². The molecule has 2 rings (SSSR count). The second-order valence-electron chi connectivity index (χ2n) is 3.32. The van der Waals surface area contributed by atoms with E-state index in [9.17, 15) is 4.79 Å². The van der Waals surface area contributed by atoms with Crippen LogP contribution in [0.2, 0.25) is 0 Å². The number of nitrogens with zero attached hydrogens (tertiary/aromatic N) is 2. The smallest absolute Gasteiger partial charge is 0.375 e. The van der Waals surface area contributed by atoms with Crippen LogP contribution in [0.25, 0.3) is 5.69 Å². The molecule has 0 aliphatic carbocycles. The topological polar surface area (TPSA) is 64.3 Å². The van der Waals surface area contributed by atoms with Gasteiger partial charge in [-0.25, -0.2) is 9.78 Å². The van der Waals surface area contributed by atoms with Crippen molar-refractivity contribution in [3.05, 3.63) is 48.5 Å². The minimum atomic E-state index is -0.548. The number of rotatable bonds is 4. The molecule has 0 spiro atoms. The van der Waals surface area contributed by atoms with E-state index in [4.69, 9.17) is 9.84 Å². The lowest BCUT2D eigenvalue weighted by Gasteiger charge is -2.06. The number of hydrogen-bond donors (Lipinski definition) is 1. The summed E-state index contributed by atoms with van der Waals surface area (Å²) in [5, 5.41) is 8.59. The Morgan fingerprint density at radius 2 is 2.12 bits per heavy atom. The summed E-state index contributed by atoms with van der Waals surface area (Å²) in [5.41, 5.74) is 0.834. The number of carbonyl (C=O) groups is 1. The first kappa shape index (κ1) is 11.3. The summed E-state index contributed by atoms with van der Waals surface area (Å²) >= 11 is 0. The first-order valence-corrected chi connectivity index (χ1v) is 5.19. The van der Waals surface area contributed by atoms with Crippen LogP contribution in [-0.2, 0) is 4.74 Å². The van der Waals surface area contributed by atoms with Gasteiger partial charge < -0.3 is 9.84 Å². The Morgan fingerprint density at radius 3 is 2.82 bits per heavy atom. The number of imidazole rings is 1. The van der Waals surface area contributed by atoms with Crippen molar-refractivity contribution in [2.45, 2.75) is 0 Å². The number of para-hydroxylation sites is 1. The van der Waals surface area contributed by atoms with Crippen LogP contribution in [0.3, 0.4) is 0 Å². The van der Waals surface area contributed by atoms with Crippen molar-refractivity contribution < 1.29 is 14.6 Å². The van der Waals surface area contributed by atoms with Crippen LogP contribution in [0, 0.1) is 0 Å². The molecular weight excluding hydrogens is 220 g/mol. The first-order valence-electron chi connectivity index (χ1n) is 5.19. The average Bonchev–Trinajstić information content (AvgIpc) is 2.86. The predicted molar refractivity (Wildman–Crippen MR) is 60.9 cm³/mol. The van der Waals surface area contributed by atoms with Crippen LogP contribution in [0.4, 0.5) is 0 Å². The normalized spacial score (nSPS) is 10.2. The van der Waals surface area contributed by atoms with Gasteiger partial charge in [-0.05, 0) is 12.1 Å². The monoisotopic (exact) mass is 232 g/mol. The van der Waals surface area contributed by atoms with Gasteiger partial charge in [-0.2, -0.15) is 0 Å². The van der Waals surface area contributed by atoms with Crippen LogP contribution < -0.4 is 0 Å². The molecule has 0 atom stereocenters. The molecule has 0 amide bonds.